The summed E-state index contributed by atoms with van der Waals surface area (Å²) in [4.78, 5) is 35.0. The third kappa shape index (κ3) is 5.15. The van der Waals surface area contributed by atoms with Crippen LogP contribution in [0.5, 0.6) is 5.75 Å². The molecule has 0 aromatic heterocycles. The van der Waals surface area contributed by atoms with Crippen LogP contribution in [0.3, 0.4) is 0 Å². The molecule has 0 atom stereocenters. The fraction of sp³-hybridized carbons (Fsp3) is 0.312. The minimum Gasteiger partial charge on any atom is -0.495 e. The third-order valence-corrected chi connectivity index (χ3v) is 2.85. The van der Waals surface area contributed by atoms with Crippen molar-refractivity contribution >= 4 is 31.2 Å². The molecular weight excluding hydrogens is 313 g/mol. The predicted octanol–water partition coefficient (Wildman–Crippen LogP) is 1.43. The summed E-state index contributed by atoms with van der Waals surface area (Å²) >= 11 is 0. The van der Waals surface area contributed by atoms with Gasteiger partial charge in [0.2, 0.25) is 0 Å². The minimum absolute atomic E-state index is 0.107. The summed E-state index contributed by atoms with van der Waals surface area (Å²) in [5.74, 6) is -1.26. The summed E-state index contributed by atoms with van der Waals surface area (Å²) < 4.78 is 14.8. The fourth-order valence-electron chi connectivity index (χ4n) is 1.74. The Morgan fingerprint density at radius 1 is 1.12 bits per heavy atom. The molecule has 126 valence electrons. The summed E-state index contributed by atoms with van der Waals surface area (Å²) in [5, 5.41) is 2.74. The van der Waals surface area contributed by atoms with Gasteiger partial charge in [0.1, 0.15) is 11.4 Å². The van der Waals surface area contributed by atoms with Crippen molar-refractivity contribution in [1.82, 2.24) is 0 Å². The van der Waals surface area contributed by atoms with Gasteiger partial charge in [-0.05, 0) is 32.0 Å². The van der Waals surface area contributed by atoms with Gasteiger partial charge in [0.05, 0.1) is 26.0 Å². The van der Waals surface area contributed by atoms with Crippen molar-refractivity contribution < 1.29 is 28.6 Å². The smallest absolute Gasteiger partial charge is 0.347 e. The molecule has 0 aliphatic rings. The molecule has 1 N–H and O–H groups in total. The Hall–Kier alpha value is -2.77. The Morgan fingerprint density at radius 2 is 1.71 bits per heavy atom. The SMILES string of the molecule is [B]C(=O)c1ccc(OC)c(NC=C(C(=O)OCC)C(=O)OCC)c1. The average Bonchev–Trinajstić information content (AvgIpc) is 2.55. The zero-order chi connectivity index (χ0) is 18.1. The van der Waals surface area contributed by atoms with Gasteiger partial charge in [0.15, 0.2) is 13.4 Å². The van der Waals surface area contributed by atoms with E-state index in [1.165, 1.54) is 25.3 Å². The first-order valence-corrected chi connectivity index (χ1v) is 7.23. The highest BCUT2D eigenvalue weighted by Crippen LogP contribution is 2.26. The van der Waals surface area contributed by atoms with Gasteiger partial charge in [-0.1, -0.05) is 0 Å². The molecule has 0 saturated carbocycles. The van der Waals surface area contributed by atoms with Gasteiger partial charge in [-0.2, -0.15) is 0 Å². The number of carbonyl (C=O) groups excluding carboxylic acids is 3. The Kier molecular flexibility index (Phi) is 7.54. The van der Waals surface area contributed by atoms with Gasteiger partial charge in [-0.15, -0.1) is 0 Å². The topological polar surface area (TPSA) is 90.9 Å². The fourth-order valence-corrected chi connectivity index (χ4v) is 1.74. The summed E-state index contributed by atoms with van der Waals surface area (Å²) in [6.07, 6.45) is 1.14. The van der Waals surface area contributed by atoms with Crippen LogP contribution in [-0.2, 0) is 19.1 Å². The van der Waals surface area contributed by atoms with E-state index >= 15 is 0 Å². The molecule has 1 aromatic carbocycles. The standard InChI is InChI=1S/C16H18BNO6/c1-4-23-15(20)11(16(21)24-5-2)9-18-12-8-10(14(17)19)6-7-13(12)22-3/h6-9,18H,4-5H2,1-3H3. The van der Waals surface area contributed by atoms with E-state index in [4.69, 9.17) is 22.1 Å². The molecule has 0 fully saturated rings. The van der Waals surface area contributed by atoms with Gasteiger partial charge in [-0.3, -0.25) is 0 Å². The molecular formula is C16H18BNO6. The Labute approximate surface area is 141 Å². The normalized spacial score (nSPS) is 9.62. The van der Waals surface area contributed by atoms with Gasteiger partial charge in [-0.25, -0.2) is 9.59 Å². The molecule has 0 heterocycles. The molecule has 0 unspecified atom stereocenters. The molecule has 24 heavy (non-hydrogen) atoms. The number of ether oxygens (including phenoxy) is 3. The van der Waals surface area contributed by atoms with Crippen LogP contribution < -0.4 is 10.1 Å². The summed E-state index contributed by atoms with van der Waals surface area (Å²) in [6, 6.07) is 4.46. The first kappa shape index (κ1) is 19.3. The molecule has 0 aliphatic heterocycles. The van der Waals surface area contributed by atoms with Crippen molar-refractivity contribution in [3.05, 3.63) is 35.5 Å². The average molecular weight is 331 g/mol. The number of hydrogen-bond acceptors (Lipinski definition) is 7. The highest BCUT2D eigenvalue weighted by atomic mass is 16.6. The number of hydrogen-bond donors (Lipinski definition) is 1. The molecule has 7 nitrogen and oxygen atoms in total. The molecule has 0 bridgehead atoms. The number of anilines is 1. The predicted molar refractivity (Wildman–Crippen MR) is 88.1 cm³/mol. The molecule has 2 radical (unpaired) electrons. The molecule has 8 heteroatoms. The molecule has 0 amide bonds. The molecule has 1 aromatic rings. The zero-order valence-electron chi connectivity index (χ0n) is 13.8. The monoisotopic (exact) mass is 331 g/mol. The van der Waals surface area contributed by atoms with E-state index in [2.05, 4.69) is 5.32 Å². The molecule has 0 saturated heterocycles. The number of nitrogens with one attached hydrogen (secondary N) is 1. The Balaban J connectivity index is 3.15. The van der Waals surface area contributed by atoms with Crippen molar-refractivity contribution in [2.45, 2.75) is 13.8 Å². The second kappa shape index (κ2) is 9.39. The number of carbonyl (C=O) groups is 3. The van der Waals surface area contributed by atoms with E-state index in [9.17, 15) is 14.4 Å². The lowest BCUT2D eigenvalue weighted by atomic mass is 9.94. The summed E-state index contributed by atoms with van der Waals surface area (Å²) in [7, 11) is 6.67. The first-order valence-electron chi connectivity index (χ1n) is 7.23. The summed E-state index contributed by atoms with van der Waals surface area (Å²) in [5.41, 5.74) is -0.355. The number of esters is 2. The van der Waals surface area contributed by atoms with E-state index in [1.807, 2.05) is 0 Å². The molecule has 1 rings (SSSR count). The summed E-state index contributed by atoms with van der Waals surface area (Å²) in [6.45, 7) is 3.45. The number of benzene rings is 1. The number of rotatable bonds is 8. The van der Waals surface area contributed by atoms with Crippen molar-refractivity contribution in [2.75, 3.05) is 25.6 Å². The van der Waals surface area contributed by atoms with E-state index in [1.54, 1.807) is 13.8 Å². The van der Waals surface area contributed by atoms with Crippen molar-refractivity contribution in [2.24, 2.45) is 0 Å². The van der Waals surface area contributed by atoms with Gasteiger partial charge in [0.25, 0.3) is 0 Å². The molecule has 0 spiro atoms. The number of methoxy groups -OCH3 is 1. The lowest BCUT2D eigenvalue weighted by molar-refractivity contribution is -0.146. The quantitative estimate of drug-likeness (QED) is 0.253. The lowest BCUT2D eigenvalue weighted by Gasteiger charge is -2.11. The highest BCUT2D eigenvalue weighted by Gasteiger charge is 2.21. The minimum atomic E-state index is -0.825. The van der Waals surface area contributed by atoms with Gasteiger partial charge in [0, 0.05) is 11.8 Å². The maximum absolute atomic E-state index is 11.9. The Morgan fingerprint density at radius 3 is 2.17 bits per heavy atom. The second-order valence-electron chi connectivity index (χ2n) is 4.42. The lowest BCUT2D eigenvalue weighted by Crippen LogP contribution is -2.19. The van der Waals surface area contributed by atoms with Crippen molar-refractivity contribution in [3.8, 4) is 5.75 Å². The van der Waals surface area contributed by atoms with Gasteiger partial charge >= 0.3 is 11.9 Å². The maximum Gasteiger partial charge on any atom is 0.347 e. The van der Waals surface area contributed by atoms with Crippen LogP contribution in [0.15, 0.2) is 30.0 Å². The van der Waals surface area contributed by atoms with Crippen LogP contribution in [0.2, 0.25) is 0 Å². The van der Waals surface area contributed by atoms with Gasteiger partial charge < -0.3 is 24.3 Å². The van der Waals surface area contributed by atoms with Crippen LogP contribution in [-0.4, -0.2) is 45.8 Å². The van der Waals surface area contributed by atoms with E-state index < -0.39 is 17.6 Å². The van der Waals surface area contributed by atoms with Crippen LogP contribution in [0, 0.1) is 0 Å². The van der Waals surface area contributed by atoms with Crippen LogP contribution in [0.1, 0.15) is 24.2 Å². The van der Waals surface area contributed by atoms with Crippen LogP contribution in [0.4, 0.5) is 5.69 Å². The van der Waals surface area contributed by atoms with E-state index in [0.717, 1.165) is 6.20 Å². The van der Waals surface area contributed by atoms with E-state index in [-0.39, 0.29) is 24.4 Å². The zero-order valence-corrected chi connectivity index (χ0v) is 13.8. The third-order valence-electron chi connectivity index (χ3n) is 2.85. The maximum atomic E-state index is 11.9. The largest absolute Gasteiger partial charge is 0.495 e. The Bertz CT molecular complexity index is 636. The second-order valence-corrected chi connectivity index (χ2v) is 4.42. The van der Waals surface area contributed by atoms with Crippen molar-refractivity contribution in [3.63, 3.8) is 0 Å². The highest BCUT2D eigenvalue weighted by molar-refractivity contribution is 6.62. The molecule has 0 aliphatic carbocycles. The van der Waals surface area contributed by atoms with E-state index in [0.29, 0.717) is 11.4 Å². The van der Waals surface area contributed by atoms with Crippen LogP contribution >= 0.6 is 0 Å². The van der Waals surface area contributed by atoms with Crippen molar-refractivity contribution in [1.29, 1.82) is 0 Å². The van der Waals surface area contributed by atoms with Crippen LogP contribution in [0.25, 0.3) is 0 Å². The first-order chi connectivity index (χ1) is 11.4.